The quantitative estimate of drug-likeness (QED) is 0.553. The normalized spacial score (nSPS) is 16.0. The van der Waals surface area contributed by atoms with E-state index in [-0.39, 0.29) is 11.9 Å². The Balaban J connectivity index is 1.40. The highest BCUT2D eigenvalue weighted by Crippen LogP contribution is 2.26. The van der Waals surface area contributed by atoms with Crippen LogP contribution in [-0.2, 0) is 16.0 Å². The molecule has 0 aromatic heterocycles. The molecule has 0 aliphatic carbocycles. The van der Waals surface area contributed by atoms with Gasteiger partial charge in [-0.2, -0.15) is 0 Å². The summed E-state index contributed by atoms with van der Waals surface area (Å²) >= 11 is 6.31. The third kappa shape index (κ3) is 6.23. The predicted molar refractivity (Wildman–Crippen MR) is 124 cm³/mol. The van der Waals surface area contributed by atoms with Gasteiger partial charge in [-0.1, -0.05) is 61.8 Å². The fraction of sp³-hybridized carbons (Fsp3) is 0.480. The van der Waals surface area contributed by atoms with Gasteiger partial charge in [0.05, 0.1) is 16.6 Å². The topological polar surface area (TPSA) is 32.8 Å². The smallest absolute Gasteiger partial charge is 0.313 e. The molecule has 162 valence electrons. The zero-order valence-corrected chi connectivity index (χ0v) is 19.1. The number of anilines is 1. The number of halogens is 1. The summed E-state index contributed by atoms with van der Waals surface area (Å²) < 4.78 is 5.57. The fourth-order valence-electron chi connectivity index (χ4n) is 3.87. The molecule has 1 aliphatic heterocycles. The first kappa shape index (κ1) is 22.6. The summed E-state index contributed by atoms with van der Waals surface area (Å²) in [6, 6.07) is 16.3. The van der Waals surface area contributed by atoms with Crippen molar-refractivity contribution in [3.05, 3.63) is 64.7 Å². The van der Waals surface area contributed by atoms with E-state index in [1.807, 2.05) is 25.1 Å². The van der Waals surface area contributed by atoms with Crippen LogP contribution in [0.2, 0.25) is 5.02 Å². The lowest BCUT2D eigenvalue weighted by molar-refractivity contribution is -0.145. The maximum Gasteiger partial charge on any atom is 0.313 e. The van der Waals surface area contributed by atoms with Crippen LogP contribution in [0.1, 0.15) is 37.8 Å². The molecule has 5 heteroatoms. The van der Waals surface area contributed by atoms with E-state index in [4.69, 9.17) is 16.3 Å². The van der Waals surface area contributed by atoms with Crippen LogP contribution in [0.3, 0.4) is 0 Å². The van der Waals surface area contributed by atoms with E-state index in [0.717, 1.165) is 55.4 Å². The van der Waals surface area contributed by atoms with Gasteiger partial charge in [0.25, 0.3) is 0 Å². The Morgan fingerprint density at radius 3 is 2.30 bits per heavy atom. The lowest BCUT2D eigenvalue weighted by Gasteiger charge is -2.36. The first-order valence-electron chi connectivity index (χ1n) is 10.9. The van der Waals surface area contributed by atoms with Crippen LogP contribution < -0.4 is 4.90 Å². The number of benzene rings is 2. The molecule has 2 aromatic carbocycles. The number of rotatable bonds is 8. The molecule has 0 spiro atoms. The Morgan fingerprint density at radius 1 is 1.00 bits per heavy atom. The van der Waals surface area contributed by atoms with E-state index in [9.17, 15) is 4.79 Å². The molecule has 1 unspecified atom stereocenters. The van der Waals surface area contributed by atoms with Crippen molar-refractivity contribution < 1.29 is 9.53 Å². The number of nitrogens with zero attached hydrogens (tertiary/aromatic N) is 2. The molecule has 4 nitrogen and oxygen atoms in total. The maximum absolute atomic E-state index is 12.5. The summed E-state index contributed by atoms with van der Waals surface area (Å²) in [5.41, 5.74) is 3.42. The average molecular weight is 429 g/mol. The Labute approximate surface area is 185 Å². The summed E-state index contributed by atoms with van der Waals surface area (Å²) in [6.07, 6.45) is 1.06. The molecule has 2 aromatic rings. The minimum Gasteiger partial charge on any atom is -0.464 e. The Kier molecular flexibility index (Phi) is 8.17. The van der Waals surface area contributed by atoms with E-state index in [1.54, 1.807) is 0 Å². The standard InChI is InChI=1S/C25H33ClN2O2/c1-19(2)18-21-8-10-22(11-9-21)20(3)25(29)30-17-16-27-12-14-28(15-13-27)24-7-5-4-6-23(24)26/h4-11,19-20H,12-18H2,1-3H3. The zero-order chi connectivity index (χ0) is 21.5. The van der Waals surface area contributed by atoms with Gasteiger partial charge in [-0.05, 0) is 42.5 Å². The predicted octanol–water partition coefficient (Wildman–Crippen LogP) is 5.01. The third-order valence-electron chi connectivity index (χ3n) is 5.69. The minimum absolute atomic E-state index is 0.152. The van der Waals surface area contributed by atoms with Crippen molar-refractivity contribution in [2.45, 2.75) is 33.1 Å². The summed E-state index contributed by atoms with van der Waals surface area (Å²) in [4.78, 5) is 17.1. The minimum atomic E-state index is -0.241. The molecule has 1 atom stereocenters. The first-order valence-corrected chi connectivity index (χ1v) is 11.3. The number of carbonyl (C=O) groups excluding carboxylic acids is 1. The van der Waals surface area contributed by atoms with Gasteiger partial charge in [-0.25, -0.2) is 0 Å². The molecule has 0 bridgehead atoms. The van der Waals surface area contributed by atoms with E-state index in [0.29, 0.717) is 12.5 Å². The lowest BCUT2D eigenvalue weighted by Crippen LogP contribution is -2.47. The highest BCUT2D eigenvalue weighted by molar-refractivity contribution is 6.33. The van der Waals surface area contributed by atoms with Gasteiger partial charge in [0.2, 0.25) is 0 Å². The molecular weight excluding hydrogens is 396 g/mol. The number of carbonyl (C=O) groups is 1. The molecule has 30 heavy (non-hydrogen) atoms. The number of hydrogen-bond donors (Lipinski definition) is 0. The van der Waals surface area contributed by atoms with Gasteiger partial charge in [0.15, 0.2) is 0 Å². The highest BCUT2D eigenvalue weighted by Gasteiger charge is 2.20. The van der Waals surface area contributed by atoms with Crippen LogP contribution in [0, 0.1) is 5.92 Å². The molecular formula is C25H33ClN2O2. The Bertz CT molecular complexity index is 814. The van der Waals surface area contributed by atoms with Crippen LogP contribution in [0.4, 0.5) is 5.69 Å². The maximum atomic E-state index is 12.5. The third-order valence-corrected chi connectivity index (χ3v) is 6.01. The lowest BCUT2D eigenvalue weighted by atomic mass is 9.97. The van der Waals surface area contributed by atoms with Crippen LogP contribution in [0.25, 0.3) is 0 Å². The molecule has 1 fully saturated rings. The van der Waals surface area contributed by atoms with E-state index in [2.05, 4.69) is 54.0 Å². The van der Waals surface area contributed by atoms with Crippen LogP contribution in [-0.4, -0.2) is 50.2 Å². The zero-order valence-electron chi connectivity index (χ0n) is 18.3. The second kappa shape index (κ2) is 10.8. The van der Waals surface area contributed by atoms with Crippen molar-refractivity contribution in [2.24, 2.45) is 5.92 Å². The second-order valence-electron chi connectivity index (χ2n) is 8.51. The summed E-state index contributed by atoms with van der Waals surface area (Å²) in [7, 11) is 0. The van der Waals surface area contributed by atoms with Crippen molar-refractivity contribution in [1.29, 1.82) is 0 Å². The van der Waals surface area contributed by atoms with Crippen LogP contribution in [0.15, 0.2) is 48.5 Å². The summed E-state index contributed by atoms with van der Waals surface area (Å²) in [5, 5.41) is 0.797. The molecule has 0 saturated carbocycles. The van der Waals surface area contributed by atoms with Gasteiger partial charge in [0, 0.05) is 32.7 Å². The average Bonchev–Trinajstić information content (AvgIpc) is 2.74. The van der Waals surface area contributed by atoms with E-state index < -0.39 is 0 Å². The fourth-order valence-corrected chi connectivity index (χ4v) is 4.13. The van der Waals surface area contributed by atoms with Crippen molar-refractivity contribution in [2.75, 3.05) is 44.2 Å². The van der Waals surface area contributed by atoms with Gasteiger partial charge in [0.1, 0.15) is 6.61 Å². The Morgan fingerprint density at radius 2 is 1.67 bits per heavy atom. The monoisotopic (exact) mass is 428 g/mol. The van der Waals surface area contributed by atoms with Gasteiger partial charge in [-0.15, -0.1) is 0 Å². The van der Waals surface area contributed by atoms with Crippen molar-refractivity contribution in [3.63, 3.8) is 0 Å². The molecule has 0 amide bonds. The van der Waals surface area contributed by atoms with Gasteiger partial charge in [-0.3, -0.25) is 9.69 Å². The van der Waals surface area contributed by atoms with Crippen LogP contribution >= 0.6 is 11.6 Å². The summed E-state index contributed by atoms with van der Waals surface area (Å²) in [6.45, 7) is 11.3. The molecule has 1 heterocycles. The van der Waals surface area contributed by atoms with Crippen LogP contribution in [0.5, 0.6) is 0 Å². The number of hydrogen-bond acceptors (Lipinski definition) is 4. The summed E-state index contributed by atoms with van der Waals surface area (Å²) in [5.74, 6) is 0.237. The van der Waals surface area contributed by atoms with E-state index in [1.165, 1.54) is 5.56 Å². The largest absolute Gasteiger partial charge is 0.464 e. The van der Waals surface area contributed by atoms with Gasteiger partial charge >= 0.3 is 5.97 Å². The number of para-hydroxylation sites is 1. The number of ether oxygens (including phenoxy) is 1. The second-order valence-corrected chi connectivity index (χ2v) is 8.92. The van der Waals surface area contributed by atoms with Crippen molar-refractivity contribution in [3.8, 4) is 0 Å². The molecule has 1 aliphatic rings. The van der Waals surface area contributed by atoms with Crippen molar-refractivity contribution >= 4 is 23.3 Å². The SMILES string of the molecule is CC(C)Cc1ccc(C(C)C(=O)OCCN2CCN(c3ccccc3Cl)CC2)cc1. The van der Waals surface area contributed by atoms with Gasteiger partial charge < -0.3 is 9.64 Å². The Hall–Kier alpha value is -2.04. The van der Waals surface area contributed by atoms with Crippen molar-refractivity contribution in [1.82, 2.24) is 4.90 Å². The molecule has 1 saturated heterocycles. The number of esters is 1. The number of piperazine rings is 1. The first-order chi connectivity index (χ1) is 14.4. The molecule has 3 rings (SSSR count). The van der Waals surface area contributed by atoms with E-state index >= 15 is 0 Å². The molecule has 0 radical (unpaired) electrons. The highest BCUT2D eigenvalue weighted by atomic mass is 35.5. The molecule has 0 N–H and O–H groups in total.